The Morgan fingerprint density at radius 1 is 1.20 bits per heavy atom. The summed E-state index contributed by atoms with van der Waals surface area (Å²) >= 11 is 0. The highest BCUT2D eigenvalue weighted by atomic mass is 16.3. The maximum absolute atomic E-state index is 9.48. The Morgan fingerprint density at radius 3 is 3.07 bits per heavy atom. The standard InChI is InChI=1S/C13H17NO/c15-11-4-5-12-10(9-11)6-8-14-7-2-1-3-13(12)14/h4-5,9-10,15H,1-3,6-8H2. The van der Waals surface area contributed by atoms with Crippen molar-refractivity contribution in [1.82, 2.24) is 4.90 Å². The van der Waals surface area contributed by atoms with Crippen molar-refractivity contribution in [3.63, 3.8) is 0 Å². The molecule has 0 aromatic rings. The SMILES string of the molecule is OC1=CC2CCN3CCCCC3=C2C=C1. The van der Waals surface area contributed by atoms with Gasteiger partial charge < -0.3 is 10.0 Å². The Labute approximate surface area is 90.6 Å². The van der Waals surface area contributed by atoms with Crippen LogP contribution >= 0.6 is 0 Å². The van der Waals surface area contributed by atoms with Crippen LogP contribution in [0.1, 0.15) is 25.7 Å². The highest BCUT2D eigenvalue weighted by Gasteiger charge is 2.28. The summed E-state index contributed by atoms with van der Waals surface area (Å²) in [4.78, 5) is 2.54. The van der Waals surface area contributed by atoms with Crippen LogP contribution in [0.2, 0.25) is 0 Å². The zero-order valence-electron chi connectivity index (χ0n) is 8.95. The van der Waals surface area contributed by atoms with Gasteiger partial charge in [0.05, 0.1) is 0 Å². The van der Waals surface area contributed by atoms with Crippen LogP contribution in [0.25, 0.3) is 0 Å². The molecule has 2 heterocycles. The van der Waals surface area contributed by atoms with Crippen LogP contribution in [-0.2, 0) is 0 Å². The number of nitrogens with zero attached hydrogens (tertiary/aromatic N) is 1. The van der Waals surface area contributed by atoms with Gasteiger partial charge in [-0.1, -0.05) is 6.08 Å². The van der Waals surface area contributed by atoms with Crippen LogP contribution in [0.5, 0.6) is 0 Å². The Hall–Kier alpha value is -1.18. The van der Waals surface area contributed by atoms with Crippen molar-refractivity contribution < 1.29 is 5.11 Å². The molecule has 1 saturated heterocycles. The van der Waals surface area contributed by atoms with Gasteiger partial charge in [-0.2, -0.15) is 0 Å². The van der Waals surface area contributed by atoms with E-state index in [1.54, 1.807) is 0 Å². The second-order valence-electron chi connectivity index (χ2n) is 4.67. The molecule has 15 heavy (non-hydrogen) atoms. The lowest BCUT2D eigenvalue weighted by atomic mass is 9.83. The molecule has 80 valence electrons. The Balaban J connectivity index is 1.99. The van der Waals surface area contributed by atoms with Crippen molar-refractivity contribution in [3.8, 4) is 0 Å². The number of aliphatic hydroxyl groups is 1. The normalized spacial score (nSPS) is 29.7. The van der Waals surface area contributed by atoms with E-state index < -0.39 is 0 Å². The minimum absolute atomic E-state index is 0.439. The summed E-state index contributed by atoms with van der Waals surface area (Å²) < 4.78 is 0. The van der Waals surface area contributed by atoms with Crippen molar-refractivity contribution in [3.05, 3.63) is 35.3 Å². The third kappa shape index (κ3) is 1.48. The van der Waals surface area contributed by atoms with Gasteiger partial charge in [0, 0.05) is 24.7 Å². The molecule has 3 rings (SSSR count). The smallest absolute Gasteiger partial charge is 0.112 e. The highest BCUT2D eigenvalue weighted by molar-refractivity contribution is 5.40. The zero-order valence-corrected chi connectivity index (χ0v) is 8.95. The van der Waals surface area contributed by atoms with Crippen molar-refractivity contribution in [2.24, 2.45) is 5.92 Å². The molecule has 1 N–H and O–H groups in total. The molecule has 0 radical (unpaired) electrons. The molecule has 3 aliphatic rings. The van der Waals surface area contributed by atoms with E-state index in [2.05, 4.69) is 11.0 Å². The molecule has 1 fully saturated rings. The van der Waals surface area contributed by atoms with Gasteiger partial charge in [-0.05, 0) is 43.4 Å². The van der Waals surface area contributed by atoms with Gasteiger partial charge in [0.15, 0.2) is 0 Å². The third-order valence-electron chi connectivity index (χ3n) is 3.72. The summed E-state index contributed by atoms with van der Waals surface area (Å²) in [6.07, 6.45) is 11.0. The summed E-state index contributed by atoms with van der Waals surface area (Å²) in [6.45, 7) is 2.40. The summed E-state index contributed by atoms with van der Waals surface area (Å²) in [5.74, 6) is 0.910. The van der Waals surface area contributed by atoms with E-state index in [1.165, 1.54) is 43.6 Å². The van der Waals surface area contributed by atoms with E-state index >= 15 is 0 Å². The number of piperidine rings is 1. The average molecular weight is 203 g/mol. The van der Waals surface area contributed by atoms with Crippen LogP contribution in [0, 0.1) is 5.92 Å². The van der Waals surface area contributed by atoms with E-state index in [-0.39, 0.29) is 0 Å². The first-order valence-electron chi connectivity index (χ1n) is 5.91. The fourth-order valence-electron chi connectivity index (χ4n) is 2.96. The van der Waals surface area contributed by atoms with Gasteiger partial charge in [0.25, 0.3) is 0 Å². The maximum Gasteiger partial charge on any atom is 0.112 e. The summed E-state index contributed by atoms with van der Waals surface area (Å²) in [7, 11) is 0. The van der Waals surface area contributed by atoms with Gasteiger partial charge in [0.1, 0.15) is 5.76 Å². The van der Waals surface area contributed by atoms with Gasteiger partial charge in [-0.25, -0.2) is 0 Å². The molecule has 1 atom stereocenters. The molecule has 0 spiro atoms. The number of fused-ring (bicyclic) bond motifs is 2. The van der Waals surface area contributed by atoms with Crippen LogP contribution < -0.4 is 0 Å². The first kappa shape index (κ1) is 9.08. The summed E-state index contributed by atoms with van der Waals surface area (Å²) in [6, 6.07) is 0. The van der Waals surface area contributed by atoms with Crippen molar-refractivity contribution in [2.45, 2.75) is 25.7 Å². The quantitative estimate of drug-likeness (QED) is 0.654. The molecular formula is C13H17NO. The second-order valence-corrected chi connectivity index (χ2v) is 4.67. The fourth-order valence-corrected chi connectivity index (χ4v) is 2.96. The molecule has 0 amide bonds. The van der Waals surface area contributed by atoms with Crippen molar-refractivity contribution in [2.75, 3.05) is 13.1 Å². The number of rotatable bonds is 0. The minimum atomic E-state index is 0.439. The lowest BCUT2D eigenvalue weighted by molar-refractivity contribution is 0.253. The van der Waals surface area contributed by atoms with Gasteiger partial charge in [0.2, 0.25) is 0 Å². The van der Waals surface area contributed by atoms with Gasteiger partial charge in [-0.3, -0.25) is 0 Å². The molecule has 1 aliphatic carbocycles. The lowest BCUT2D eigenvalue weighted by Crippen LogP contribution is -2.35. The molecule has 0 bridgehead atoms. The van der Waals surface area contributed by atoms with Crippen LogP contribution in [0.15, 0.2) is 35.3 Å². The van der Waals surface area contributed by atoms with E-state index in [9.17, 15) is 5.11 Å². The predicted octanol–water partition coefficient (Wildman–Crippen LogP) is 2.76. The van der Waals surface area contributed by atoms with Crippen LogP contribution in [0.3, 0.4) is 0 Å². The largest absolute Gasteiger partial charge is 0.508 e. The van der Waals surface area contributed by atoms with Crippen LogP contribution in [0.4, 0.5) is 0 Å². The van der Waals surface area contributed by atoms with Gasteiger partial charge in [-0.15, -0.1) is 0 Å². The molecule has 0 aromatic carbocycles. The Kier molecular flexibility index (Phi) is 2.08. The van der Waals surface area contributed by atoms with E-state index in [4.69, 9.17) is 0 Å². The first-order valence-corrected chi connectivity index (χ1v) is 5.91. The molecule has 1 unspecified atom stereocenters. The Morgan fingerprint density at radius 2 is 2.13 bits per heavy atom. The van der Waals surface area contributed by atoms with Gasteiger partial charge >= 0.3 is 0 Å². The Bertz CT molecular complexity index is 365. The zero-order chi connectivity index (χ0) is 10.3. The average Bonchev–Trinajstić information content (AvgIpc) is 2.28. The molecule has 0 saturated carbocycles. The first-order chi connectivity index (χ1) is 7.34. The fraction of sp³-hybridized carbons (Fsp3) is 0.538. The molecule has 2 nitrogen and oxygen atoms in total. The number of aliphatic hydroxyl groups excluding tert-OH is 1. The monoisotopic (exact) mass is 203 g/mol. The van der Waals surface area contributed by atoms with Crippen molar-refractivity contribution >= 4 is 0 Å². The summed E-state index contributed by atoms with van der Waals surface area (Å²) in [5, 5.41) is 9.48. The predicted molar refractivity (Wildman–Crippen MR) is 60.4 cm³/mol. The summed E-state index contributed by atoms with van der Waals surface area (Å²) in [5.41, 5.74) is 3.00. The number of hydrogen-bond acceptors (Lipinski definition) is 2. The molecular weight excluding hydrogens is 186 g/mol. The topological polar surface area (TPSA) is 23.5 Å². The molecule has 0 aromatic heterocycles. The van der Waals surface area contributed by atoms with Crippen molar-refractivity contribution in [1.29, 1.82) is 0 Å². The van der Waals surface area contributed by atoms with E-state index in [1.807, 2.05) is 12.2 Å². The second kappa shape index (κ2) is 3.44. The maximum atomic E-state index is 9.48. The minimum Gasteiger partial charge on any atom is -0.508 e. The van der Waals surface area contributed by atoms with E-state index in [0.717, 1.165) is 6.42 Å². The lowest BCUT2D eigenvalue weighted by Gasteiger charge is -2.40. The molecule has 2 heteroatoms. The van der Waals surface area contributed by atoms with Crippen LogP contribution in [-0.4, -0.2) is 23.1 Å². The molecule has 2 aliphatic heterocycles. The number of allylic oxidation sites excluding steroid dienone is 5. The highest BCUT2D eigenvalue weighted by Crippen LogP contribution is 2.37. The third-order valence-corrected chi connectivity index (χ3v) is 3.72. The number of hydrogen-bond donors (Lipinski definition) is 1. The van der Waals surface area contributed by atoms with E-state index in [0.29, 0.717) is 11.7 Å².